The van der Waals surface area contributed by atoms with Gasteiger partial charge in [0.15, 0.2) is 5.69 Å². The van der Waals surface area contributed by atoms with Gasteiger partial charge in [0.25, 0.3) is 11.5 Å². The van der Waals surface area contributed by atoms with Crippen LogP contribution in [-0.4, -0.2) is 38.9 Å². The molecule has 160 valence electrons. The van der Waals surface area contributed by atoms with Gasteiger partial charge in [0.2, 0.25) is 5.75 Å². The number of hydrogen-bond donors (Lipinski definition) is 3. The molecule has 0 radical (unpaired) electrons. The fourth-order valence-corrected chi connectivity index (χ4v) is 4.35. The number of aliphatic hydroxyl groups excluding tert-OH is 1. The Morgan fingerprint density at radius 3 is 2.67 bits per heavy atom. The molecule has 1 saturated carbocycles. The van der Waals surface area contributed by atoms with E-state index in [2.05, 4.69) is 10.3 Å². The first-order valence-electron chi connectivity index (χ1n) is 10.1. The maximum atomic E-state index is 13.0. The Morgan fingerprint density at radius 2 is 2.00 bits per heavy atom. The molecule has 1 amide bonds. The fourth-order valence-electron chi connectivity index (χ4n) is 4.35. The largest absolute Gasteiger partial charge is 0.501 e. The summed E-state index contributed by atoms with van der Waals surface area (Å²) in [5.41, 5.74) is -1.23. The molecule has 0 spiro atoms. The van der Waals surface area contributed by atoms with Crippen LogP contribution in [0.3, 0.4) is 0 Å². The van der Waals surface area contributed by atoms with Crippen molar-refractivity contribution in [2.45, 2.75) is 44.4 Å². The number of nitrogens with zero attached hydrogens (tertiary/aromatic N) is 2. The number of aliphatic hydroxyl groups is 1. The molecule has 9 heteroatoms. The molecule has 30 heavy (non-hydrogen) atoms. The van der Waals surface area contributed by atoms with Gasteiger partial charge in [-0.1, -0.05) is 12.1 Å². The molecule has 2 aromatic rings. The van der Waals surface area contributed by atoms with Crippen molar-refractivity contribution in [2.24, 2.45) is 5.92 Å². The zero-order chi connectivity index (χ0) is 21.3. The Hall–Kier alpha value is -2.78. The molecule has 2 aliphatic heterocycles. The van der Waals surface area contributed by atoms with E-state index >= 15 is 0 Å². The first-order valence-corrected chi connectivity index (χ1v) is 10.1. The number of ether oxygens (including phenoxy) is 1. The van der Waals surface area contributed by atoms with Gasteiger partial charge in [-0.05, 0) is 49.3 Å². The first kappa shape index (κ1) is 20.5. The van der Waals surface area contributed by atoms with E-state index in [1.807, 2.05) is 0 Å². The highest BCUT2D eigenvalue weighted by Crippen LogP contribution is 2.45. The highest BCUT2D eigenvalue weighted by atomic mass is 19.1. The average Bonchev–Trinajstić information content (AvgIpc) is 3.01. The molecule has 0 unspecified atom stereocenters. The number of carbonyl (C=O) groups is 1. The standard InChI is InChI=1S/C21H24FN3O5/c22-15-3-1-13(2-4-15)11-23-18(28)16-17(27)19(29)25-12-14-5-7-21(8-6-14,20(25)24-16)30-10-9-26/h1-4,14,26-27H,5-12H2,(H,23,28). The molecule has 3 N–H and O–H groups in total. The number of aromatic nitrogens is 2. The second-order valence-electron chi connectivity index (χ2n) is 7.87. The Balaban J connectivity index is 1.67. The van der Waals surface area contributed by atoms with Gasteiger partial charge in [-0.2, -0.15) is 0 Å². The number of fused-ring (bicyclic) bond motifs is 2. The molecule has 2 bridgehead atoms. The predicted octanol–water partition coefficient (Wildman–Crippen LogP) is 1.43. The third kappa shape index (κ3) is 3.70. The van der Waals surface area contributed by atoms with Gasteiger partial charge >= 0.3 is 0 Å². The topological polar surface area (TPSA) is 114 Å². The molecule has 1 aromatic carbocycles. The first-order chi connectivity index (χ1) is 14.4. The lowest BCUT2D eigenvalue weighted by Crippen LogP contribution is -2.39. The summed E-state index contributed by atoms with van der Waals surface area (Å²) in [6, 6.07) is 5.63. The van der Waals surface area contributed by atoms with Crippen LogP contribution in [0.25, 0.3) is 0 Å². The van der Waals surface area contributed by atoms with E-state index < -0.39 is 22.8 Å². The lowest BCUT2D eigenvalue weighted by molar-refractivity contribution is -0.0937. The van der Waals surface area contributed by atoms with Crippen LogP contribution in [0.2, 0.25) is 0 Å². The van der Waals surface area contributed by atoms with Gasteiger partial charge in [-0.3, -0.25) is 14.2 Å². The van der Waals surface area contributed by atoms with E-state index in [4.69, 9.17) is 4.74 Å². The van der Waals surface area contributed by atoms with E-state index in [-0.39, 0.29) is 37.2 Å². The maximum absolute atomic E-state index is 13.0. The molecule has 1 aromatic heterocycles. The summed E-state index contributed by atoms with van der Waals surface area (Å²) in [5, 5.41) is 22.3. The summed E-state index contributed by atoms with van der Waals surface area (Å²) in [6.45, 7) is 0.426. The van der Waals surface area contributed by atoms with E-state index in [1.165, 1.54) is 28.8 Å². The quantitative estimate of drug-likeness (QED) is 0.655. The van der Waals surface area contributed by atoms with Crippen LogP contribution in [-0.2, 0) is 23.4 Å². The maximum Gasteiger partial charge on any atom is 0.296 e. The minimum Gasteiger partial charge on any atom is -0.501 e. The lowest BCUT2D eigenvalue weighted by Gasteiger charge is -2.36. The van der Waals surface area contributed by atoms with E-state index in [1.54, 1.807) is 0 Å². The average molecular weight is 417 g/mol. The van der Waals surface area contributed by atoms with Crippen LogP contribution in [0, 0.1) is 11.7 Å². The van der Waals surface area contributed by atoms with Gasteiger partial charge in [-0.25, -0.2) is 9.37 Å². The van der Waals surface area contributed by atoms with Crippen LogP contribution in [0.15, 0.2) is 29.1 Å². The number of benzene rings is 1. The third-order valence-corrected chi connectivity index (χ3v) is 5.96. The second kappa shape index (κ2) is 8.16. The number of amides is 1. The highest BCUT2D eigenvalue weighted by Gasteiger charge is 2.45. The third-order valence-electron chi connectivity index (χ3n) is 5.96. The number of aromatic hydroxyl groups is 1. The fraction of sp³-hybridized carbons (Fsp3) is 0.476. The van der Waals surface area contributed by atoms with Crippen LogP contribution >= 0.6 is 0 Å². The molecule has 1 aliphatic carbocycles. The Bertz CT molecular complexity index is 997. The minimum absolute atomic E-state index is 0.0902. The number of carbonyl (C=O) groups excluding carboxylic acids is 1. The summed E-state index contributed by atoms with van der Waals surface area (Å²) < 4.78 is 20.4. The van der Waals surface area contributed by atoms with Crippen LogP contribution in [0.5, 0.6) is 5.75 Å². The Kier molecular flexibility index (Phi) is 5.57. The summed E-state index contributed by atoms with van der Waals surface area (Å²) in [5.74, 6) is -1.19. The van der Waals surface area contributed by atoms with Crippen molar-refractivity contribution in [1.82, 2.24) is 14.9 Å². The van der Waals surface area contributed by atoms with E-state index in [9.17, 15) is 24.2 Å². The van der Waals surface area contributed by atoms with E-state index in [0.29, 0.717) is 30.8 Å². The van der Waals surface area contributed by atoms with Crippen LogP contribution < -0.4 is 10.9 Å². The van der Waals surface area contributed by atoms with E-state index in [0.717, 1.165) is 12.8 Å². The number of nitrogens with one attached hydrogen (secondary N) is 1. The second-order valence-corrected chi connectivity index (χ2v) is 7.87. The molecule has 3 heterocycles. The van der Waals surface area contributed by atoms with Gasteiger partial charge in [0, 0.05) is 13.1 Å². The minimum atomic E-state index is -0.866. The smallest absolute Gasteiger partial charge is 0.296 e. The molecule has 3 aliphatic rings. The molecule has 0 saturated heterocycles. The normalized spacial score (nSPS) is 22.4. The van der Waals surface area contributed by atoms with Crippen molar-refractivity contribution < 1.29 is 24.1 Å². The zero-order valence-electron chi connectivity index (χ0n) is 16.4. The highest BCUT2D eigenvalue weighted by molar-refractivity contribution is 5.94. The zero-order valence-corrected chi connectivity index (χ0v) is 16.4. The molecular weight excluding hydrogens is 393 g/mol. The summed E-state index contributed by atoms with van der Waals surface area (Å²) in [7, 11) is 0. The predicted molar refractivity (Wildman–Crippen MR) is 104 cm³/mol. The number of halogens is 1. The van der Waals surface area contributed by atoms with Crippen molar-refractivity contribution in [1.29, 1.82) is 0 Å². The van der Waals surface area contributed by atoms with Gasteiger partial charge < -0.3 is 20.3 Å². The van der Waals surface area contributed by atoms with Crippen molar-refractivity contribution >= 4 is 5.91 Å². The Labute approximate surface area is 172 Å². The van der Waals surface area contributed by atoms with Crippen LogP contribution in [0.4, 0.5) is 4.39 Å². The number of rotatable bonds is 6. The van der Waals surface area contributed by atoms with Crippen molar-refractivity contribution in [3.8, 4) is 5.75 Å². The SMILES string of the molecule is O=C(NCc1ccc(F)cc1)c1nc2n(c(=O)c1O)CC1CCC2(OCCO)CC1. The molecule has 5 rings (SSSR count). The van der Waals surface area contributed by atoms with Crippen molar-refractivity contribution in [3.63, 3.8) is 0 Å². The molecule has 1 fully saturated rings. The van der Waals surface area contributed by atoms with Gasteiger partial charge in [0.1, 0.15) is 17.2 Å². The van der Waals surface area contributed by atoms with Gasteiger partial charge in [-0.15, -0.1) is 0 Å². The van der Waals surface area contributed by atoms with Crippen LogP contribution in [0.1, 0.15) is 47.6 Å². The Morgan fingerprint density at radius 1 is 1.30 bits per heavy atom. The monoisotopic (exact) mass is 417 g/mol. The summed E-state index contributed by atoms with van der Waals surface area (Å²) in [6.07, 6.45) is 2.93. The van der Waals surface area contributed by atoms with Crippen molar-refractivity contribution in [2.75, 3.05) is 13.2 Å². The van der Waals surface area contributed by atoms with Crippen molar-refractivity contribution in [3.05, 3.63) is 57.5 Å². The molecule has 8 nitrogen and oxygen atoms in total. The molecule has 0 atom stereocenters. The summed E-state index contributed by atoms with van der Waals surface area (Å²) in [4.78, 5) is 30.0. The summed E-state index contributed by atoms with van der Waals surface area (Å²) >= 11 is 0. The lowest BCUT2D eigenvalue weighted by atomic mass is 9.80. The van der Waals surface area contributed by atoms with Gasteiger partial charge in [0.05, 0.1) is 13.2 Å². The molecular formula is C21H24FN3O5. The number of hydrogen-bond acceptors (Lipinski definition) is 6.